The Hall–Kier alpha value is -3.18. The average Bonchev–Trinajstić information content (AvgIpc) is 3.23. The highest BCUT2D eigenvalue weighted by Crippen LogP contribution is 2.37. The Labute approximate surface area is 181 Å². The van der Waals surface area contributed by atoms with E-state index in [2.05, 4.69) is 15.3 Å². The number of carbonyl (C=O) groups excluding carboxylic acids is 1. The fourth-order valence-electron chi connectivity index (χ4n) is 3.63. The van der Waals surface area contributed by atoms with E-state index in [4.69, 9.17) is 14.9 Å². The van der Waals surface area contributed by atoms with Crippen molar-refractivity contribution in [2.75, 3.05) is 33.3 Å². The molecular weight excluding hydrogens is 427 g/mol. The number of hydrogen-bond acceptors (Lipinski definition) is 7. The number of fused-ring (bicyclic) bond motifs is 1. The fourth-order valence-corrected chi connectivity index (χ4v) is 3.63. The lowest BCUT2D eigenvalue weighted by atomic mass is 10.1. The molecule has 3 N–H and O–H groups in total. The van der Waals surface area contributed by atoms with Gasteiger partial charge in [-0.1, -0.05) is 0 Å². The van der Waals surface area contributed by atoms with Crippen LogP contribution in [0.4, 0.5) is 13.2 Å². The number of benzene rings is 1. The normalized spacial score (nSPS) is 15.8. The molecule has 2 aromatic heterocycles. The standard InChI is InChI=1S/C21H22F3N5O3/c1-11(25)18-17(20(30)29-9-7-26-8-10-29)28-19(32-18)13-3-5-14(31-2)16-12(13)4-6-15(27-16)21(22,23)24/h3-6,11,26H,7-10,25H2,1-2H3. The molecular formula is C21H22F3N5O3. The minimum absolute atomic E-state index is 0.00959. The van der Waals surface area contributed by atoms with Crippen molar-refractivity contribution in [3.63, 3.8) is 0 Å². The van der Waals surface area contributed by atoms with Crippen LogP contribution in [0, 0.1) is 0 Å². The first-order valence-electron chi connectivity index (χ1n) is 10.0. The molecule has 4 rings (SSSR count). The number of carbonyl (C=O) groups is 1. The van der Waals surface area contributed by atoms with Crippen LogP contribution in [0.15, 0.2) is 28.7 Å². The lowest BCUT2D eigenvalue weighted by Gasteiger charge is -2.26. The summed E-state index contributed by atoms with van der Waals surface area (Å²) >= 11 is 0. The maximum Gasteiger partial charge on any atom is 0.433 e. The first kappa shape index (κ1) is 22.0. The number of aromatic nitrogens is 2. The summed E-state index contributed by atoms with van der Waals surface area (Å²) in [6.45, 7) is 4.05. The zero-order valence-corrected chi connectivity index (χ0v) is 17.5. The van der Waals surface area contributed by atoms with E-state index in [1.54, 1.807) is 17.9 Å². The second kappa shape index (κ2) is 8.40. The summed E-state index contributed by atoms with van der Waals surface area (Å²) in [4.78, 5) is 22.9. The quantitative estimate of drug-likeness (QED) is 0.631. The van der Waals surface area contributed by atoms with Gasteiger partial charge < -0.3 is 25.1 Å². The molecule has 0 radical (unpaired) electrons. The monoisotopic (exact) mass is 449 g/mol. The Kier molecular flexibility index (Phi) is 5.78. The molecule has 8 nitrogen and oxygen atoms in total. The second-order valence-corrected chi connectivity index (χ2v) is 7.47. The molecule has 1 atom stereocenters. The molecule has 1 aliphatic rings. The lowest BCUT2D eigenvalue weighted by Crippen LogP contribution is -2.46. The van der Waals surface area contributed by atoms with Crippen LogP contribution in [0.1, 0.15) is 34.9 Å². The number of halogens is 3. The lowest BCUT2D eigenvalue weighted by molar-refractivity contribution is -0.140. The van der Waals surface area contributed by atoms with E-state index in [1.807, 2.05) is 0 Å². The van der Waals surface area contributed by atoms with Crippen molar-refractivity contribution < 1.29 is 27.1 Å². The van der Waals surface area contributed by atoms with Crippen molar-refractivity contribution >= 4 is 16.8 Å². The minimum atomic E-state index is -4.61. The number of nitrogens with one attached hydrogen (secondary N) is 1. The molecule has 0 aliphatic carbocycles. The van der Waals surface area contributed by atoms with Gasteiger partial charge >= 0.3 is 6.18 Å². The summed E-state index contributed by atoms with van der Waals surface area (Å²) in [7, 11) is 1.35. The van der Waals surface area contributed by atoms with Crippen LogP contribution in [0.25, 0.3) is 22.4 Å². The molecule has 1 aliphatic heterocycles. The molecule has 0 spiro atoms. The highest BCUT2D eigenvalue weighted by molar-refractivity contribution is 5.98. The number of alkyl halides is 3. The van der Waals surface area contributed by atoms with Gasteiger partial charge in [-0.3, -0.25) is 4.79 Å². The van der Waals surface area contributed by atoms with Gasteiger partial charge in [0.2, 0.25) is 5.89 Å². The smallest absolute Gasteiger partial charge is 0.433 e. The zero-order valence-electron chi connectivity index (χ0n) is 17.5. The molecule has 3 heterocycles. The molecule has 1 unspecified atom stereocenters. The van der Waals surface area contributed by atoms with Gasteiger partial charge in [-0.15, -0.1) is 0 Å². The summed E-state index contributed by atoms with van der Waals surface area (Å²) in [5.41, 5.74) is 5.47. The van der Waals surface area contributed by atoms with Crippen LogP contribution >= 0.6 is 0 Å². The molecule has 170 valence electrons. The number of hydrogen-bond donors (Lipinski definition) is 2. The summed E-state index contributed by atoms with van der Waals surface area (Å²) < 4.78 is 50.6. The molecule has 0 saturated carbocycles. The first-order chi connectivity index (χ1) is 15.2. The first-order valence-corrected chi connectivity index (χ1v) is 10.0. The Morgan fingerprint density at radius 2 is 1.94 bits per heavy atom. The van der Waals surface area contributed by atoms with E-state index in [0.29, 0.717) is 37.1 Å². The maximum absolute atomic E-state index is 13.2. The number of nitrogens with zero attached hydrogens (tertiary/aromatic N) is 3. The molecule has 3 aromatic rings. The topological polar surface area (TPSA) is 107 Å². The van der Waals surface area contributed by atoms with E-state index in [1.165, 1.54) is 19.2 Å². The third-order valence-electron chi connectivity index (χ3n) is 5.23. The van der Waals surface area contributed by atoms with Gasteiger partial charge in [0.05, 0.1) is 13.2 Å². The highest BCUT2D eigenvalue weighted by Gasteiger charge is 2.33. The summed E-state index contributed by atoms with van der Waals surface area (Å²) in [5.74, 6) is 0.160. The van der Waals surface area contributed by atoms with Gasteiger partial charge in [-0.25, -0.2) is 9.97 Å². The molecule has 1 fully saturated rings. The largest absolute Gasteiger partial charge is 0.494 e. The van der Waals surface area contributed by atoms with Crippen molar-refractivity contribution in [3.8, 4) is 17.2 Å². The number of piperazine rings is 1. The van der Waals surface area contributed by atoms with E-state index in [-0.39, 0.29) is 34.5 Å². The van der Waals surface area contributed by atoms with Crippen molar-refractivity contribution in [2.24, 2.45) is 5.73 Å². The number of nitrogens with two attached hydrogens (primary N) is 1. The number of ether oxygens (including phenoxy) is 1. The summed E-state index contributed by atoms with van der Waals surface area (Å²) in [6.07, 6.45) is -4.61. The Morgan fingerprint density at radius 1 is 1.22 bits per heavy atom. The van der Waals surface area contributed by atoms with Gasteiger partial charge in [0.25, 0.3) is 5.91 Å². The summed E-state index contributed by atoms with van der Waals surface area (Å²) in [5, 5.41) is 3.52. The van der Waals surface area contributed by atoms with Crippen molar-refractivity contribution in [1.82, 2.24) is 20.2 Å². The summed E-state index contributed by atoms with van der Waals surface area (Å²) in [6, 6.07) is 4.64. The van der Waals surface area contributed by atoms with E-state index < -0.39 is 17.9 Å². The number of methoxy groups -OCH3 is 1. The van der Waals surface area contributed by atoms with Crippen LogP contribution in [-0.2, 0) is 6.18 Å². The van der Waals surface area contributed by atoms with Gasteiger partial charge in [0, 0.05) is 37.1 Å². The molecule has 1 amide bonds. The van der Waals surface area contributed by atoms with Crippen LogP contribution in [0.2, 0.25) is 0 Å². The fraction of sp³-hybridized carbons (Fsp3) is 0.381. The zero-order chi connectivity index (χ0) is 23.0. The molecule has 11 heteroatoms. The maximum atomic E-state index is 13.2. The second-order valence-electron chi connectivity index (χ2n) is 7.47. The van der Waals surface area contributed by atoms with Gasteiger partial charge in [-0.2, -0.15) is 13.2 Å². The Balaban J connectivity index is 1.84. The third-order valence-corrected chi connectivity index (χ3v) is 5.23. The molecule has 0 bridgehead atoms. The van der Waals surface area contributed by atoms with Crippen LogP contribution in [0.5, 0.6) is 5.75 Å². The predicted octanol–water partition coefficient (Wildman–Crippen LogP) is 2.98. The molecule has 1 saturated heterocycles. The highest BCUT2D eigenvalue weighted by atomic mass is 19.4. The minimum Gasteiger partial charge on any atom is -0.494 e. The third kappa shape index (κ3) is 4.00. The van der Waals surface area contributed by atoms with Gasteiger partial charge in [0.1, 0.15) is 17.0 Å². The van der Waals surface area contributed by atoms with Crippen molar-refractivity contribution in [3.05, 3.63) is 41.4 Å². The number of rotatable bonds is 4. The Bertz CT molecular complexity index is 1150. The Morgan fingerprint density at radius 3 is 2.56 bits per heavy atom. The SMILES string of the molecule is COc1ccc(-c2nc(C(=O)N3CCNCC3)c(C(C)N)o2)c2ccc(C(F)(F)F)nc12. The average molecular weight is 449 g/mol. The molecule has 32 heavy (non-hydrogen) atoms. The van der Waals surface area contributed by atoms with Crippen LogP contribution < -0.4 is 15.8 Å². The van der Waals surface area contributed by atoms with Gasteiger partial charge in [-0.05, 0) is 31.2 Å². The van der Waals surface area contributed by atoms with E-state index in [0.717, 1.165) is 6.07 Å². The number of pyridine rings is 1. The van der Waals surface area contributed by atoms with Crippen molar-refractivity contribution in [1.29, 1.82) is 0 Å². The number of oxazole rings is 1. The molecule has 1 aromatic carbocycles. The van der Waals surface area contributed by atoms with Crippen LogP contribution in [-0.4, -0.2) is 54.1 Å². The van der Waals surface area contributed by atoms with E-state index >= 15 is 0 Å². The predicted molar refractivity (Wildman–Crippen MR) is 110 cm³/mol. The van der Waals surface area contributed by atoms with Gasteiger partial charge in [0.15, 0.2) is 11.5 Å². The van der Waals surface area contributed by atoms with Crippen LogP contribution in [0.3, 0.4) is 0 Å². The number of amides is 1. The van der Waals surface area contributed by atoms with E-state index in [9.17, 15) is 18.0 Å². The van der Waals surface area contributed by atoms with Crippen molar-refractivity contribution in [2.45, 2.75) is 19.1 Å².